The van der Waals surface area contributed by atoms with Crippen molar-refractivity contribution in [3.8, 4) is 5.75 Å². The Balaban J connectivity index is 1.69. The average molecular weight is 439 g/mol. The van der Waals surface area contributed by atoms with Crippen molar-refractivity contribution in [1.82, 2.24) is 9.80 Å². The monoisotopic (exact) mass is 439 g/mol. The number of methoxy groups -OCH3 is 1. The van der Waals surface area contributed by atoms with Crippen LogP contribution in [0.5, 0.6) is 5.75 Å². The third-order valence-corrected chi connectivity index (χ3v) is 6.17. The molecule has 30 heavy (non-hydrogen) atoms. The van der Waals surface area contributed by atoms with E-state index in [2.05, 4.69) is 4.72 Å². The summed E-state index contributed by atoms with van der Waals surface area (Å²) in [6.45, 7) is 1.02. The van der Waals surface area contributed by atoms with Gasteiger partial charge in [-0.3, -0.25) is 14.4 Å². The number of sulfonamides is 1. The number of hydrogen-bond acceptors (Lipinski definition) is 5. The maximum absolute atomic E-state index is 12.8. The van der Waals surface area contributed by atoms with Gasteiger partial charge in [0, 0.05) is 37.4 Å². The molecule has 7 nitrogen and oxygen atoms in total. The van der Waals surface area contributed by atoms with Crippen molar-refractivity contribution in [3.05, 3.63) is 54.1 Å². The van der Waals surface area contributed by atoms with Gasteiger partial charge in [0.15, 0.2) is 0 Å². The largest absolute Gasteiger partial charge is 0.497 e. The molecule has 0 bridgehead atoms. The molecule has 1 N–H and O–H groups in total. The molecule has 0 saturated carbocycles. The highest BCUT2D eigenvalue weighted by atomic mass is 32.2. The molecule has 1 heterocycles. The maximum atomic E-state index is 12.8. The number of piperazine rings is 1. The maximum Gasteiger partial charge on any atom is 0.261 e. The van der Waals surface area contributed by atoms with Crippen molar-refractivity contribution in [1.29, 1.82) is 0 Å². The van der Waals surface area contributed by atoms with E-state index in [4.69, 9.17) is 4.74 Å². The van der Waals surface area contributed by atoms with E-state index < -0.39 is 16.4 Å². The van der Waals surface area contributed by atoms with Crippen LogP contribution >= 0.6 is 0 Å². The molecule has 1 amide bonds. The highest BCUT2D eigenvalue weighted by Gasteiger charge is 2.25. The van der Waals surface area contributed by atoms with Crippen LogP contribution in [0, 0.1) is 0 Å². The van der Waals surface area contributed by atoms with Crippen molar-refractivity contribution in [2.45, 2.75) is 11.3 Å². The molecule has 1 aliphatic rings. The molecule has 3 rings (SSSR count). The van der Waals surface area contributed by atoms with Crippen LogP contribution in [0.2, 0.25) is 0 Å². The predicted molar refractivity (Wildman–Crippen MR) is 109 cm³/mol. The first-order valence-electron chi connectivity index (χ1n) is 9.35. The fraction of sp³-hybridized carbons (Fsp3) is 0.350. The van der Waals surface area contributed by atoms with Crippen LogP contribution in [0.1, 0.15) is 10.4 Å². The summed E-state index contributed by atoms with van der Waals surface area (Å²) < 4.78 is 57.9. The molecule has 0 spiro atoms. The van der Waals surface area contributed by atoms with Crippen LogP contribution in [0.4, 0.5) is 14.5 Å². The van der Waals surface area contributed by atoms with E-state index in [0.717, 1.165) is 0 Å². The second-order valence-corrected chi connectivity index (χ2v) is 8.53. The van der Waals surface area contributed by atoms with E-state index in [9.17, 15) is 22.0 Å². The Morgan fingerprint density at radius 3 is 2.37 bits per heavy atom. The second-order valence-electron chi connectivity index (χ2n) is 6.85. The number of amides is 1. The van der Waals surface area contributed by atoms with Crippen LogP contribution in [0.15, 0.2) is 53.4 Å². The second kappa shape index (κ2) is 9.40. The number of rotatable bonds is 7. The number of alkyl halides is 2. The van der Waals surface area contributed by atoms with Crippen molar-refractivity contribution in [2.75, 3.05) is 44.6 Å². The number of hydrogen-bond donors (Lipinski definition) is 1. The molecule has 0 aliphatic carbocycles. The van der Waals surface area contributed by atoms with E-state index in [1.807, 2.05) is 0 Å². The standard InChI is InChI=1S/C20H23F2N3O4S/c1-29-17-7-5-16(6-8-17)23-30(27,28)18-4-2-3-15(13-18)20(26)25-11-9-24(10-12-25)14-19(21)22/h2-8,13,19,23H,9-12,14H2,1H3. The number of nitrogens with zero attached hydrogens (tertiary/aromatic N) is 2. The lowest BCUT2D eigenvalue weighted by Gasteiger charge is -2.34. The number of halogens is 2. The average Bonchev–Trinajstić information content (AvgIpc) is 2.74. The van der Waals surface area contributed by atoms with Gasteiger partial charge in [-0.2, -0.15) is 0 Å². The summed E-state index contributed by atoms with van der Waals surface area (Å²) >= 11 is 0. The Hall–Kier alpha value is -2.72. The third-order valence-electron chi connectivity index (χ3n) is 4.79. The number of benzene rings is 2. The van der Waals surface area contributed by atoms with Gasteiger partial charge in [0.1, 0.15) is 5.75 Å². The molecule has 1 aliphatic heterocycles. The highest BCUT2D eigenvalue weighted by molar-refractivity contribution is 7.92. The molecule has 0 unspecified atom stereocenters. The molecule has 2 aromatic carbocycles. The van der Waals surface area contributed by atoms with E-state index in [1.54, 1.807) is 40.1 Å². The van der Waals surface area contributed by atoms with Gasteiger partial charge in [-0.15, -0.1) is 0 Å². The van der Waals surface area contributed by atoms with Gasteiger partial charge < -0.3 is 9.64 Å². The summed E-state index contributed by atoms with van der Waals surface area (Å²) in [4.78, 5) is 15.9. The predicted octanol–water partition coefficient (Wildman–Crippen LogP) is 2.52. The molecule has 0 aromatic heterocycles. The summed E-state index contributed by atoms with van der Waals surface area (Å²) in [6.07, 6.45) is -2.41. The van der Waals surface area contributed by atoms with Crippen LogP contribution in [0.25, 0.3) is 0 Å². The fourth-order valence-electron chi connectivity index (χ4n) is 3.18. The quantitative estimate of drug-likeness (QED) is 0.717. The lowest BCUT2D eigenvalue weighted by atomic mass is 10.2. The minimum Gasteiger partial charge on any atom is -0.497 e. The van der Waals surface area contributed by atoms with E-state index in [-0.39, 0.29) is 22.9 Å². The molecule has 2 aromatic rings. The van der Waals surface area contributed by atoms with E-state index >= 15 is 0 Å². The van der Waals surface area contributed by atoms with Gasteiger partial charge in [-0.05, 0) is 42.5 Å². The van der Waals surface area contributed by atoms with Crippen molar-refractivity contribution < 1.29 is 26.7 Å². The third kappa shape index (κ3) is 5.45. The van der Waals surface area contributed by atoms with Crippen LogP contribution in [0.3, 0.4) is 0 Å². The molecule has 0 atom stereocenters. The summed E-state index contributed by atoms with van der Waals surface area (Å²) in [6, 6.07) is 12.2. The van der Waals surface area contributed by atoms with Gasteiger partial charge >= 0.3 is 0 Å². The molecule has 0 radical (unpaired) electrons. The van der Waals surface area contributed by atoms with Gasteiger partial charge in [0.2, 0.25) is 0 Å². The first-order chi connectivity index (χ1) is 14.3. The number of ether oxygens (including phenoxy) is 1. The first kappa shape index (κ1) is 22.0. The minimum atomic E-state index is -3.90. The lowest BCUT2D eigenvalue weighted by molar-refractivity contribution is 0.0459. The SMILES string of the molecule is COc1ccc(NS(=O)(=O)c2cccc(C(=O)N3CCN(CC(F)F)CC3)c2)cc1. The topological polar surface area (TPSA) is 78.9 Å². The molecule has 10 heteroatoms. The van der Waals surface area contributed by atoms with Crippen LogP contribution in [-0.2, 0) is 10.0 Å². The summed E-state index contributed by atoms with van der Waals surface area (Å²) in [5.74, 6) is 0.271. The smallest absolute Gasteiger partial charge is 0.261 e. The Labute approximate surface area is 174 Å². The normalized spacial score (nSPS) is 15.3. The van der Waals surface area contributed by atoms with Gasteiger partial charge in [0.25, 0.3) is 22.4 Å². The van der Waals surface area contributed by atoms with Crippen molar-refractivity contribution >= 4 is 21.6 Å². The lowest BCUT2D eigenvalue weighted by Crippen LogP contribution is -2.49. The number of anilines is 1. The Morgan fingerprint density at radius 1 is 1.10 bits per heavy atom. The molecular weight excluding hydrogens is 416 g/mol. The number of carbonyl (C=O) groups is 1. The first-order valence-corrected chi connectivity index (χ1v) is 10.8. The Morgan fingerprint density at radius 2 is 1.77 bits per heavy atom. The zero-order valence-corrected chi connectivity index (χ0v) is 17.2. The Bertz CT molecular complexity index is 976. The summed E-state index contributed by atoms with van der Waals surface area (Å²) in [5.41, 5.74) is 0.595. The van der Waals surface area contributed by atoms with Gasteiger partial charge in [0.05, 0.1) is 18.6 Å². The van der Waals surface area contributed by atoms with Gasteiger partial charge in [-0.25, -0.2) is 17.2 Å². The fourth-order valence-corrected chi connectivity index (χ4v) is 4.28. The zero-order valence-electron chi connectivity index (χ0n) is 16.4. The number of carbonyl (C=O) groups excluding carboxylic acids is 1. The minimum absolute atomic E-state index is 0.0412. The summed E-state index contributed by atoms with van der Waals surface area (Å²) in [7, 11) is -2.38. The molecular formula is C20H23F2N3O4S. The summed E-state index contributed by atoms with van der Waals surface area (Å²) in [5, 5.41) is 0. The van der Waals surface area contributed by atoms with Crippen LogP contribution in [-0.4, -0.2) is 70.4 Å². The van der Waals surface area contributed by atoms with Gasteiger partial charge in [-0.1, -0.05) is 6.07 Å². The zero-order chi connectivity index (χ0) is 21.7. The molecule has 1 fully saturated rings. The Kier molecular flexibility index (Phi) is 6.88. The van der Waals surface area contributed by atoms with Crippen molar-refractivity contribution in [2.24, 2.45) is 0 Å². The van der Waals surface area contributed by atoms with E-state index in [0.29, 0.717) is 37.6 Å². The van der Waals surface area contributed by atoms with Crippen molar-refractivity contribution in [3.63, 3.8) is 0 Å². The highest BCUT2D eigenvalue weighted by Crippen LogP contribution is 2.21. The molecule has 162 valence electrons. The van der Waals surface area contributed by atoms with E-state index in [1.165, 1.54) is 25.3 Å². The molecule has 1 saturated heterocycles. The number of nitrogens with one attached hydrogen (secondary N) is 1. The van der Waals surface area contributed by atoms with Crippen LogP contribution < -0.4 is 9.46 Å².